The first-order valence-electron chi connectivity index (χ1n) is 36.7. The van der Waals surface area contributed by atoms with Crippen molar-refractivity contribution in [2.75, 3.05) is 0 Å². The Morgan fingerprint density at radius 2 is 0.819 bits per heavy atom. The SMILES string of the molecule is [2H]c1c([2H])c([2H])c(-n2c3c([2H])c([2H])c([2H])c([2H])c3c3c([2H])c([2H])c([2H])c([2H])c32)c(-c2nc(-c3ccc[c]([Ge]([c]4ccccc4)([c]4ccccc4)[c]4ccc5c(c4)Oc4ccccc4C54c5ccccc5-c5ccccc54)c3)nc(-n3c4c([2H])c([2H])c([2H])c([2H])c4c4c([2H])c([2H])c([2H])c([2H])c43)n2)c1[2H]. The van der Waals surface area contributed by atoms with E-state index in [2.05, 4.69) is 84.9 Å². The van der Waals surface area contributed by atoms with Crippen LogP contribution in [0.15, 0.2) is 297 Å². The van der Waals surface area contributed by atoms with E-state index in [0.29, 0.717) is 11.5 Å². The summed E-state index contributed by atoms with van der Waals surface area (Å²) < 4.78 is 198. The summed E-state index contributed by atoms with van der Waals surface area (Å²) in [5.74, 6) is -0.221. The van der Waals surface area contributed by atoms with Gasteiger partial charge in [-0.05, 0) is 0 Å². The van der Waals surface area contributed by atoms with Crippen molar-refractivity contribution in [2.24, 2.45) is 0 Å². The zero-order valence-corrected chi connectivity index (χ0v) is 45.5. The van der Waals surface area contributed by atoms with Gasteiger partial charge in [-0.25, -0.2) is 0 Å². The van der Waals surface area contributed by atoms with Crippen molar-refractivity contribution < 1.29 is 32.2 Å². The summed E-state index contributed by atoms with van der Waals surface area (Å²) in [7, 11) is 0. The molecule has 2 aliphatic rings. The van der Waals surface area contributed by atoms with Crippen LogP contribution in [-0.4, -0.2) is 37.4 Å². The van der Waals surface area contributed by atoms with Crippen molar-refractivity contribution in [2.45, 2.75) is 5.41 Å². The fraction of sp³-hybridized carbons (Fsp3) is 0.0132. The van der Waals surface area contributed by atoms with Crippen LogP contribution < -0.4 is 22.3 Å². The van der Waals surface area contributed by atoms with Gasteiger partial charge in [0, 0.05) is 0 Å². The second-order valence-corrected chi connectivity index (χ2v) is 28.3. The molecule has 6 nitrogen and oxygen atoms in total. The molecule has 0 fully saturated rings. The fourth-order valence-corrected chi connectivity index (χ4v) is 23.0. The van der Waals surface area contributed by atoms with Crippen molar-refractivity contribution in [3.05, 3.63) is 319 Å². The Bertz CT molecular complexity index is 6090. The Labute approximate surface area is 510 Å². The molecule has 0 saturated carbocycles. The number of nitrogens with zero attached hydrogens (tertiary/aromatic N) is 5. The third-order valence-electron chi connectivity index (χ3n) is 16.3. The first kappa shape index (κ1) is 31.6. The zero-order valence-electron chi connectivity index (χ0n) is 63.4. The van der Waals surface area contributed by atoms with Gasteiger partial charge in [-0.3, -0.25) is 0 Å². The van der Waals surface area contributed by atoms with E-state index < -0.39 is 195 Å². The van der Waals surface area contributed by atoms with Crippen molar-refractivity contribution in [3.63, 3.8) is 0 Å². The van der Waals surface area contributed by atoms with Crippen LogP contribution in [0.2, 0.25) is 0 Å². The van der Waals surface area contributed by atoms with Gasteiger partial charge < -0.3 is 0 Å². The van der Waals surface area contributed by atoms with Crippen molar-refractivity contribution in [1.82, 2.24) is 24.1 Å². The first-order chi connectivity index (χ1) is 49.5. The van der Waals surface area contributed by atoms with Crippen LogP contribution in [0.3, 0.4) is 0 Å². The molecule has 17 rings (SSSR count). The molecule has 12 aromatic carbocycles. The topological polar surface area (TPSA) is 57.8 Å². The van der Waals surface area contributed by atoms with Gasteiger partial charge in [-0.15, -0.1) is 0 Å². The Hall–Kier alpha value is -10.4. The van der Waals surface area contributed by atoms with E-state index in [4.69, 9.17) is 30.7 Å². The predicted molar refractivity (Wildman–Crippen MR) is 340 cm³/mol. The van der Waals surface area contributed by atoms with E-state index in [0.717, 1.165) is 60.1 Å². The van der Waals surface area contributed by atoms with Crippen molar-refractivity contribution >= 4 is 74.5 Å². The third kappa shape index (κ3) is 6.87. The summed E-state index contributed by atoms with van der Waals surface area (Å²) in [4.78, 5) is 15.2. The second-order valence-electron chi connectivity index (χ2n) is 20.3. The van der Waals surface area contributed by atoms with E-state index in [-0.39, 0.29) is 22.2 Å². The van der Waals surface area contributed by atoms with Gasteiger partial charge in [-0.1, -0.05) is 12.1 Å². The van der Waals surface area contributed by atoms with Crippen LogP contribution in [0.25, 0.3) is 89.2 Å². The minimum absolute atomic E-state index is 0.220. The fourth-order valence-electron chi connectivity index (χ4n) is 13.0. The van der Waals surface area contributed by atoms with Crippen LogP contribution >= 0.6 is 0 Å². The number of para-hydroxylation sites is 6. The normalized spacial score (nSPS) is 16.4. The number of fused-ring (bicyclic) bond motifs is 15. The predicted octanol–water partition coefficient (Wildman–Crippen LogP) is 15.2. The van der Waals surface area contributed by atoms with Crippen LogP contribution in [0, 0.1) is 0 Å². The number of hydrogen-bond donors (Lipinski definition) is 0. The van der Waals surface area contributed by atoms with Crippen LogP contribution in [-0.2, 0) is 5.41 Å². The summed E-state index contributed by atoms with van der Waals surface area (Å²) in [6.07, 6.45) is 0. The van der Waals surface area contributed by atoms with Gasteiger partial charge in [0.15, 0.2) is 0 Å². The van der Waals surface area contributed by atoms with Gasteiger partial charge in [0.1, 0.15) is 0 Å². The molecule has 0 radical (unpaired) electrons. The molecular weight excluding hydrogens is 1070 g/mol. The number of aromatic nitrogens is 5. The van der Waals surface area contributed by atoms with Crippen molar-refractivity contribution in [3.8, 4) is 57.0 Å². The Balaban J connectivity index is 1.00. The van der Waals surface area contributed by atoms with Gasteiger partial charge >= 0.3 is 492 Å². The molecule has 0 amide bonds. The molecule has 4 heterocycles. The molecule has 0 bridgehead atoms. The molecule has 0 N–H and O–H groups in total. The monoisotopic (exact) mass is 1140 g/mol. The van der Waals surface area contributed by atoms with Gasteiger partial charge in [-0.2, -0.15) is 0 Å². The van der Waals surface area contributed by atoms with E-state index in [1.165, 1.54) is 0 Å². The molecule has 1 aliphatic heterocycles. The van der Waals surface area contributed by atoms with Gasteiger partial charge in [0.2, 0.25) is 0 Å². The van der Waals surface area contributed by atoms with Crippen LogP contribution in [0.4, 0.5) is 0 Å². The molecule has 1 spiro atoms. The molecule has 1 aliphatic carbocycles. The quantitative estimate of drug-likeness (QED) is 0.142. The maximum atomic E-state index is 10.0. The molecule has 0 unspecified atom stereocenters. The van der Waals surface area contributed by atoms with Crippen molar-refractivity contribution in [1.29, 1.82) is 0 Å². The van der Waals surface area contributed by atoms with E-state index in [9.17, 15) is 16.4 Å². The minimum atomic E-state index is -4.66. The molecule has 0 atom stereocenters. The molecule has 388 valence electrons. The van der Waals surface area contributed by atoms with Crippen LogP contribution in [0.1, 0.15) is 49.7 Å². The molecule has 0 saturated heterocycles. The summed E-state index contributed by atoms with van der Waals surface area (Å²) in [5, 5.41) is -1.52. The summed E-state index contributed by atoms with van der Waals surface area (Å²) in [6, 6.07) is 43.4. The van der Waals surface area contributed by atoms with Gasteiger partial charge in [0.05, 0.1) is 8.22 Å². The first-order valence-corrected chi connectivity index (χ1v) is 30.9. The van der Waals surface area contributed by atoms with E-state index in [1.807, 2.05) is 78.9 Å². The van der Waals surface area contributed by atoms with E-state index in [1.54, 1.807) is 12.1 Å². The molecule has 7 heteroatoms. The number of hydrogen-bond acceptors (Lipinski definition) is 4. The summed E-state index contributed by atoms with van der Waals surface area (Å²) in [5.41, 5.74) is 2.56. The van der Waals surface area contributed by atoms with Crippen LogP contribution in [0.5, 0.6) is 11.5 Å². The molecule has 3 aromatic heterocycles. The average Bonchev–Trinajstić information content (AvgIpc) is 1.57. The van der Waals surface area contributed by atoms with Gasteiger partial charge in [0.25, 0.3) is 0 Å². The molecular formula is C76H49GeN5O. The standard InChI is InChI=1S/C76H49GeN5O/c1-3-25-51(26-4-1)77(52-27-5-2-6-28-52,54-46-47-65-72(49-54)83-71-45-22-16-39-64(71)76(65)62-37-14-7-30-55(62)56-31-8-15-38-63(56)76)53-29-23-24-50(48-53)73-78-74(80-75(79-73)82-68-42-19-11-34-59(68)60-35-12-20-43-69(60)82)61-36-13-21-44-70(61)81-66-40-17-9-32-57(66)58-33-10-18-41-67(58)81/h1-49H/i9D,10D,11D,12D,13D,17D,18D,19D,20D,21D,32D,33D,34D,35D,36D,40D,41D,42D,43D,44D. The number of rotatable bonds is 8. The second kappa shape index (κ2) is 18.6. The number of ether oxygens (including phenoxy) is 1. The average molecular weight is 1140 g/mol. The Morgan fingerprint density at radius 1 is 0.349 bits per heavy atom. The zero-order chi connectivity index (χ0) is 72.0. The number of benzene rings is 12. The Morgan fingerprint density at radius 3 is 1.43 bits per heavy atom. The third-order valence-corrected chi connectivity index (χ3v) is 26.2. The molecule has 83 heavy (non-hydrogen) atoms. The maximum absolute atomic E-state index is 10.0. The summed E-state index contributed by atoms with van der Waals surface area (Å²) in [6.45, 7) is 0. The Kier molecular flexibility index (Phi) is 7.06. The van der Waals surface area contributed by atoms with E-state index >= 15 is 0 Å². The summed E-state index contributed by atoms with van der Waals surface area (Å²) >= 11 is -4.66. The molecule has 15 aromatic rings.